The molecule has 0 aliphatic carbocycles. The number of rotatable bonds is 0. The molecular formula is C7H13N3. The lowest BCUT2D eigenvalue weighted by molar-refractivity contribution is 1.09. The molecule has 1 heterocycles. The molecule has 56 valence electrons. The molecular weight excluding hydrogens is 126 g/mol. The third kappa shape index (κ3) is 5.03. The zero-order valence-electron chi connectivity index (χ0n) is 6.41. The quantitative estimate of drug-likeness (QED) is 0.592. The molecule has 0 unspecified atom stereocenters. The van der Waals surface area contributed by atoms with E-state index in [0.29, 0.717) is 5.82 Å². The fourth-order valence-electron chi connectivity index (χ4n) is 0.311. The summed E-state index contributed by atoms with van der Waals surface area (Å²) in [5, 5.41) is 0. The van der Waals surface area contributed by atoms with E-state index in [1.165, 1.54) is 12.6 Å². The van der Waals surface area contributed by atoms with Gasteiger partial charge in [-0.1, -0.05) is 20.3 Å². The van der Waals surface area contributed by atoms with E-state index in [2.05, 4.69) is 23.8 Å². The number of hydrogen-bond donors (Lipinski definition) is 1. The van der Waals surface area contributed by atoms with Crippen molar-refractivity contribution in [3.63, 3.8) is 0 Å². The van der Waals surface area contributed by atoms with Crippen LogP contribution in [0.3, 0.4) is 0 Å². The number of aromatic nitrogens is 2. The van der Waals surface area contributed by atoms with Crippen LogP contribution in [0.15, 0.2) is 18.6 Å². The Bertz CT molecular complexity index is 150. The predicted molar refractivity (Wildman–Crippen MR) is 42.4 cm³/mol. The highest BCUT2D eigenvalue weighted by Crippen LogP contribution is 1.84. The highest BCUT2D eigenvalue weighted by Gasteiger charge is 1.74. The van der Waals surface area contributed by atoms with Crippen molar-refractivity contribution < 1.29 is 0 Å². The predicted octanol–water partition coefficient (Wildman–Crippen LogP) is 1.48. The molecule has 10 heavy (non-hydrogen) atoms. The van der Waals surface area contributed by atoms with Crippen LogP contribution in [0, 0.1) is 0 Å². The maximum absolute atomic E-state index is 5.18. The molecule has 0 bridgehead atoms. The lowest BCUT2D eigenvalue weighted by Gasteiger charge is -1.82. The molecule has 0 atom stereocenters. The van der Waals surface area contributed by atoms with Crippen molar-refractivity contribution >= 4 is 5.82 Å². The fourth-order valence-corrected chi connectivity index (χ4v) is 0.311. The first-order valence-electron chi connectivity index (χ1n) is 3.32. The number of nitrogens with two attached hydrogens (primary N) is 1. The Morgan fingerprint density at radius 1 is 1.40 bits per heavy atom. The van der Waals surface area contributed by atoms with Gasteiger partial charge in [0.2, 0.25) is 0 Å². The second-order valence-corrected chi connectivity index (χ2v) is 1.84. The normalized spacial score (nSPS) is 7.80. The highest BCUT2D eigenvalue weighted by molar-refractivity contribution is 5.20. The third-order valence-corrected chi connectivity index (χ3v) is 0.583. The summed E-state index contributed by atoms with van der Waals surface area (Å²) in [5.41, 5.74) is 5.18. The summed E-state index contributed by atoms with van der Waals surface area (Å²) in [5.74, 6) is 0.461. The number of anilines is 1. The van der Waals surface area contributed by atoms with E-state index in [1.54, 1.807) is 12.4 Å². The molecule has 2 N–H and O–H groups in total. The van der Waals surface area contributed by atoms with Crippen LogP contribution in [0.2, 0.25) is 0 Å². The molecule has 1 aromatic heterocycles. The van der Waals surface area contributed by atoms with Gasteiger partial charge in [0.15, 0.2) is 0 Å². The van der Waals surface area contributed by atoms with Gasteiger partial charge in [-0.15, -0.1) is 0 Å². The van der Waals surface area contributed by atoms with Gasteiger partial charge in [-0.2, -0.15) is 0 Å². The van der Waals surface area contributed by atoms with Gasteiger partial charge in [0, 0.05) is 12.4 Å². The van der Waals surface area contributed by atoms with Crippen LogP contribution in [-0.2, 0) is 0 Å². The maximum Gasteiger partial charge on any atom is 0.141 e. The number of nitrogens with zero attached hydrogens (tertiary/aromatic N) is 2. The van der Waals surface area contributed by atoms with E-state index in [1.807, 2.05) is 0 Å². The van der Waals surface area contributed by atoms with Gasteiger partial charge in [0.1, 0.15) is 5.82 Å². The van der Waals surface area contributed by atoms with Crippen LogP contribution in [-0.4, -0.2) is 9.97 Å². The van der Waals surface area contributed by atoms with Crippen molar-refractivity contribution in [3.8, 4) is 0 Å². The second-order valence-electron chi connectivity index (χ2n) is 1.84. The molecule has 3 heteroatoms. The zero-order valence-corrected chi connectivity index (χ0v) is 6.41. The second kappa shape index (κ2) is 6.01. The Balaban J connectivity index is 0.000000236. The molecule has 0 radical (unpaired) electrons. The summed E-state index contributed by atoms with van der Waals surface area (Å²) in [6.45, 7) is 4.25. The summed E-state index contributed by atoms with van der Waals surface area (Å²) < 4.78 is 0. The number of nitrogen functional groups attached to an aromatic ring is 1. The molecule has 0 fully saturated rings. The van der Waals surface area contributed by atoms with Gasteiger partial charge < -0.3 is 5.73 Å². The summed E-state index contributed by atoms with van der Waals surface area (Å²) in [6, 6.07) is 0. The van der Waals surface area contributed by atoms with Gasteiger partial charge >= 0.3 is 0 Å². The van der Waals surface area contributed by atoms with Crippen molar-refractivity contribution in [2.75, 3.05) is 5.73 Å². The van der Waals surface area contributed by atoms with Crippen LogP contribution in [0.1, 0.15) is 20.3 Å². The lowest BCUT2D eigenvalue weighted by atomic mass is 10.6. The van der Waals surface area contributed by atoms with Crippen molar-refractivity contribution in [1.82, 2.24) is 9.97 Å². The standard InChI is InChI=1S/C4H5N3.C3H8/c5-4-3-6-1-2-7-4;1-3-2/h1-3H,(H2,5,7);3H2,1-2H3. The summed E-state index contributed by atoms with van der Waals surface area (Å²) in [6.07, 6.45) is 5.88. The molecule has 0 aromatic carbocycles. The Morgan fingerprint density at radius 2 is 2.00 bits per heavy atom. The summed E-state index contributed by atoms with van der Waals surface area (Å²) >= 11 is 0. The molecule has 1 rings (SSSR count). The average molecular weight is 139 g/mol. The van der Waals surface area contributed by atoms with Gasteiger partial charge in [0.05, 0.1) is 6.20 Å². The van der Waals surface area contributed by atoms with E-state index in [4.69, 9.17) is 5.73 Å². The molecule has 0 saturated carbocycles. The van der Waals surface area contributed by atoms with E-state index in [9.17, 15) is 0 Å². The fraction of sp³-hybridized carbons (Fsp3) is 0.429. The summed E-state index contributed by atoms with van der Waals surface area (Å²) in [7, 11) is 0. The van der Waals surface area contributed by atoms with Crippen molar-refractivity contribution in [1.29, 1.82) is 0 Å². The van der Waals surface area contributed by atoms with Crippen LogP contribution in [0.25, 0.3) is 0 Å². The molecule has 1 aromatic rings. The van der Waals surface area contributed by atoms with Gasteiger partial charge in [-0.3, -0.25) is 4.98 Å². The van der Waals surface area contributed by atoms with Crippen LogP contribution < -0.4 is 5.73 Å². The molecule has 3 nitrogen and oxygen atoms in total. The van der Waals surface area contributed by atoms with E-state index >= 15 is 0 Å². The van der Waals surface area contributed by atoms with E-state index in [0.717, 1.165) is 0 Å². The Morgan fingerprint density at radius 3 is 2.20 bits per heavy atom. The Hall–Kier alpha value is -1.12. The van der Waals surface area contributed by atoms with Crippen molar-refractivity contribution in [2.45, 2.75) is 20.3 Å². The minimum atomic E-state index is 0.461. The Labute approximate surface area is 61.3 Å². The van der Waals surface area contributed by atoms with Crippen LogP contribution in [0.4, 0.5) is 5.82 Å². The summed E-state index contributed by atoms with van der Waals surface area (Å²) in [4.78, 5) is 7.39. The van der Waals surface area contributed by atoms with Crippen LogP contribution >= 0.6 is 0 Å². The SMILES string of the molecule is CCC.Nc1cnccn1. The third-order valence-electron chi connectivity index (χ3n) is 0.583. The molecule has 0 aliphatic rings. The highest BCUT2D eigenvalue weighted by atomic mass is 14.9. The van der Waals surface area contributed by atoms with E-state index < -0.39 is 0 Å². The zero-order chi connectivity index (χ0) is 7.82. The monoisotopic (exact) mass is 139 g/mol. The van der Waals surface area contributed by atoms with Gasteiger partial charge in [0.25, 0.3) is 0 Å². The minimum absolute atomic E-state index is 0.461. The van der Waals surface area contributed by atoms with Crippen molar-refractivity contribution in [3.05, 3.63) is 18.6 Å². The largest absolute Gasteiger partial charge is 0.382 e. The van der Waals surface area contributed by atoms with Gasteiger partial charge in [-0.25, -0.2) is 4.98 Å². The van der Waals surface area contributed by atoms with E-state index in [-0.39, 0.29) is 0 Å². The molecule has 0 amide bonds. The molecule has 0 aliphatic heterocycles. The first-order chi connectivity index (χ1) is 4.81. The first-order valence-corrected chi connectivity index (χ1v) is 3.32. The number of hydrogen-bond acceptors (Lipinski definition) is 3. The lowest BCUT2D eigenvalue weighted by Crippen LogP contribution is -1.87. The maximum atomic E-state index is 5.18. The Kier molecular flexibility index (Phi) is 5.33. The van der Waals surface area contributed by atoms with Crippen molar-refractivity contribution in [2.24, 2.45) is 0 Å². The molecule has 0 saturated heterocycles. The minimum Gasteiger partial charge on any atom is -0.382 e. The average Bonchev–Trinajstić information content (AvgIpc) is 1.91. The molecule has 0 spiro atoms. The first kappa shape index (κ1) is 8.88. The topological polar surface area (TPSA) is 51.8 Å². The smallest absolute Gasteiger partial charge is 0.141 e. The van der Waals surface area contributed by atoms with Crippen LogP contribution in [0.5, 0.6) is 0 Å². The van der Waals surface area contributed by atoms with Gasteiger partial charge in [-0.05, 0) is 0 Å².